The molecule has 26 heavy (non-hydrogen) atoms. The lowest BCUT2D eigenvalue weighted by atomic mass is 10.1. The number of ketones is 1. The molecule has 0 aliphatic heterocycles. The van der Waals surface area contributed by atoms with E-state index in [4.69, 9.17) is 4.74 Å². The Morgan fingerprint density at radius 3 is 2.46 bits per heavy atom. The van der Waals surface area contributed by atoms with Crippen LogP contribution in [0, 0.1) is 5.82 Å². The Morgan fingerprint density at radius 1 is 1.12 bits per heavy atom. The molecule has 0 aliphatic carbocycles. The van der Waals surface area contributed by atoms with Gasteiger partial charge in [0.15, 0.2) is 17.3 Å². The van der Waals surface area contributed by atoms with Crippen molar-refractivity contribution in [3.05, 3.63) is 59.4 Å². The van der Waals surface area contributed by atoms with Gasteiger partial charge in [0.1, 0.15) is 5.82 Å². The standard InChI is InChI=1S/C19H18F3NO3/c1-23(2)15-11-13(20)6-7-14(15)16(24)8-4-12-5-9-17(26-19(21)22)18(10-12)25-3/h4-11,19H,1-3H3. The predicted molar refractivity (Wildman–Crippen MR) is 93.7 cm³/mol. The molecule has 0 aliphatic rings. The zero-order valence-corrected chi connectivity index (χ0v) is 14.5. The van der Waals surface area contributed by atoms with Crippen LogP contribution in [-0.4, -0.2) is 33.6 Å². The summed E-state index contributed by atoms with van der Waals surface area (Å²) in [6.45, 7) is -2.96. The highest BCUT2D eigenvalue weighted by molar-refractivity contribution is 6.10. The van der Waals surface area contributed by atoms with Gasteiger partial charge in [-0.2, -0.15) is 8.78 Å². The molecule has 0 aromatic heterocycles. The molecule has 0 saturated heterocycles. The summed E-state index contributed by atoms with van der Waals surface area (Å²) >= 11 is 0. The summed E-state index contributed by atoms with van der Waals surface area (Å²) < 4.78 is 47.5. The maximum absolute atomic E-state index is 13.4. The lowest BCUT2D eigenvalue weighted by Gasteiger charge is -2.16. The molecule has 0 atom stereocenters. The topological polar surface area (TPSA) is 38.8 Å². The van der Waals surface area contributed by atoms with E-state index < -0.39 is 12.4 Å². The lowest BCUT2D eigenvalue weighted by molar-refractivity contribution is -0.0512. The molecule has 2 aromatic rings. The van der Waals surface area contributed by atoms with Crippen LogP contribution in [-0.2, 0) is 0 Å². The number of rotatable bonds is 7. The molecule has 7 heteroatoms. The second-order valence-corrected chi connectivity index (χ2v) is 5.54. The third-order valence-electron chi connectivity index (χ3n) is 3.54. The number of hydrogen-bond donors (Lipinski definition) is 0. The van der Waals surface area contributed by atoms with Crippen LogP contribution in [0.25, 0.3) is 6.08 Å². The van der Waals surface area contributed by atoms with Gasteiger partial charge in [0.05, 0.1) is 12.8 Å². The van der Waals surface area contributed by atoms with Gasteiger partial charge in [-0.3, -0.25) is 4.79 Å². The summed E-state index contributed by atoms with van der Waals surface area (Å²) in [5.74, 6) is -0.732. The minimum Gasteiger partial charge on any atom is -0.493 e. The number of methoxy groups -OCH3 is 1. The molecule has 0 heterocycles. The summed E-state index contributed by atoms with van der Waals surface area (Å²) in [6.07, 6.45) is 2.84. The maximum Gasteiger partial charge on any atom is 0.387 e. The number of hydrogen-bond acceptors (Lipinski definition) is 4. The molecule has 138 valence electrons. The quantitative estimate of drug-likeness (QED) is 0.539. The molecular formula is C19H18F3NO3. The molecule has 0 saturated carbocycles. The maximum atomic E-state index is 13.4. The first-order valence-corrected chi connectivity index (χ1v) is 7.64. The number of nitrogens with zero attached hydrogens (tertiary/aromatic N) is 1. The van der Waals surface area contributed by atoms with Crippen molar-refractivity contribution in [3.63, 3.8) is 0 Å². The normalized spacial score (nSPS) is 11.0. The van der Waals surface area contributed by atoms with E-state index in [2.05, 4.69) is 4.74 Å². The van der Waals surface area contributed by atoms with Gasteiger partial charge in [-0.15, -0.1) is 0 Å². The number of carbonyl (C=O) groups excluding carboxylic acids is 1. The Balaban J connectivity index is 2.26. The Labute approximate surface area is 149 Å². The number of benzene rings is 2. The van der Waals surface area contributed by atoms with Crippen molar-refractivity contribution in [2.75, 3.05) is 26.1 Å². The van der Waals surface area contributed by atoms with Gasteiger partial charge in [0.25, 0.3) is 0 Å². The van der Waals surface area contributed by atoms with Crippen LogP contribution in [0.2, 0.25) is 0 Å². The molecule has 0 spiro atoms. The minimum atomic E-state index is -2.96. The van der Waals surface area contributed by atoms with Gasteiger partial charge in [-0.05, 0) is 42.0 Å². The van der Waals surface area contributed by atoms with Crippen LogP contribution in [0.4, 0.5) is 18.9 Å². The highest BCUT2D eigenvalue weighted by Crippen LogP contribution is 2.30. The van der Waals surface area contributed by atoms with E-state index in [1.54, 1.807) is 19.0 Å². The molecule has 0 N–H and O–H groups in total. The van der Waals surface area contributed by atoms with Gasteiger partial charge >= 0.3 is 6.61 Å². The molecule has 0 radical (unpaired) electrons. The van der Waals surface area contributed by atoms with Gasteiger partial charge < -0.3 is 14.4 Å². The molecule has 4 nitrogen and oxygen atoms in total. The Bertz CT molecular complexity index is 820. The van der Waals surface area contributed by atoms with Crippen molar-refractivity contribution in [1.29, 1.82) is 0 Å². The van der Waals surface area contributed by atoms with Gasteiger partial charge in [0.2, 0.25) is 0 Å². The van der Waals surface area contributed by atoms with Crippen molar-refractivity contribution in [3.8, 4) is 11.5 Å². The van der Waals surface area contributed by atoms with Crippen LogP contribution in [0.3, 0.4) is 0 Å². The van der Waals surface area contributed by atoms with E-state index in [0.29, 0.717) is 16.8 Å². The van der Waals surface area contributed by atoms with E-state index in [9.17, 15) is 18.0 Å². The van der Waals surface area contributed by atoms with Gasteiger partial charge in [0, 0.05) is 19.7 Å². The number of anilines is 1. The van der Waals surface area contributed by atoms with E-state index in [1.165, 1.54) is 55.7 Å². The van der Waals surface area contributed by atoms with Crippen molar-refractivity contribution < 1.29 is 27.4 Å². The smallest absolute Gasteiger partial charge is 0.387 e. The van der Waals surface area contributed by atoms with E-state index in [0.717, 1.165) is 0 Å². The molecule has 2 aromatic carbocycles. The van der Waals surface area contributed by atoms with Crippen LogP contribution in [0.1, 0.15) is 15.9 Å². The molecule has 0 fully saturated rings. The minimum absolute atomic E-state index is 0.0978. The third kappa shape index (κ3) is 4.78. The van der Waals surface area contributed by atoms with Crippen molar-refractivity contribution in [2.45, 2.75) is 6.61 Å². The molecule has 0 unspecified atom stereocenters. The van der Waals surface area contributed by atoms with E-state index in [-0.39, 0.29) is 17.3 Å². The number of carbonyl (C=O) groups is 1. The van der Waals surface area contributed by atoms with Crippen molar-refractivity contribution in [2.24, 2.45) is 0 Å². The predicted octanol–water partition coefficient (Wildman–Crippen LogP) is 4.40. The first kappa shape index (κ1) is 19.4. The third-order valence-corrected chi connectivity index (χ3v) is 3.54. The van der Waals surface area contributed by atoms with Crippen LogP contribution in [0.5, 0.6) is 11.5 Å². The van der Waals surface area contributed by atoms with Crippen molar-refractivity contribution >= 4 is 17.5 Å². The first-order valence-electron chi connectivity index (χ1n) is 7.64. The highest BCUT2D eigenvalue weighted by Gasteiger charge is 2.13. The van der Waals surface area contributed by atoms with Crippen molar-refractivity contribution in [1.82, 2.24) is 0 Å². The highest BCUT2D eigenvalue weighted by atomic mass is 19.3. The molecule has 0 amide bonds. The average molecular weight is 365 g/mol. The van der Waals surface area contributed by atoms with Gasteiger partial charge in [-0.1, -0.05) is 12.1 Å². The second kappa shape index (κ2) is 8.42. The summed E-state index contributed by atoms with van der Waals surface area (Å²) in [6, 6.07) is 8.23. The van der Waals surface area contributed by atoms with Crippen LogP contribution < -0.4 is 14.4 Å². The Kier molecular flexibility index (Phi) is 6.27. The molecule has 0 bridgehead atoms. The molecular weight excluding hydrogens is 347 g/mol. The van der Waals surface area contributed by atoms with Gasteiger partial charge in [-0.25, -0.2) is 4.39 Å². The first-order chi connectivity index (χ1) is 12.3. The largest absolute Gasteiger partial charge is 0.493 e. The summed E-state index contributed by atoms with van der Waals surface area (Å²) in [4.78, 5) is 14.1. The lowest BCUT2D eigenvalue weighted by Crippen LogP contribution is -2.13. The monoisotopic (exact) mass is 365 g/mol. The SMILES string of the molecule is COc1cc(C=CC(=O)c2ccc(F)cc2N(C)C)ccc1OC(F)F. The number of allylic oxidation sites excluding steroid dienone is 1. The molecule has 2 rings (SSSR count). The summed E-state index contributed by atoms with van der Waals surface area (Å²) in [5.41, 5.74) is 1.36. The van der Waals surface area contributed by atoms with Crippen LogP contribution >= 0.6 is 0 Å². The zero-order chi connectivity index (χ0) is 19.3. The fourth-order valence-electron chi connectivity index (χ4n) is 2.33. The fraction of sp³-hybridized carbons (Fsp3) is 0.211. The number of alkyl halides is 2. The fourth-order valence-corrected chi connectivity index (χ4v) is 2.33. The van der Waals surface area contributed by atoms with E-state index >= 15 is 0 Å². The second-order valence-electron chi connectivity index (χ2n) is 5.54. The summed E-state index contributed by atoms with van der Waals surface area (Å²) in [5, 5.41) is 0. The van der Waals surface area contributed by atoms with Crippen LogP contribution in [0.15, 0.2) is 42.5 Å². The zero-order valence-electron chi connectivity index (χ0n) is 14.5. The summed E-state index contributed by atoms with van der Waals surface area (Å²) in [7, 11) is 4.75. The number of halogens is 3. The Morgan fingerprint density at radius 2 is 1.85 bits per heavy atom. The van der Waals surface area contributed by atoms with E-state index in [1.807, 2.05) is 0 Å². The Hall–Kier alpha value is -2.96. The number of ether oxygens (including phenoxy) is 2. The average Bonchev–Trinajstić information content (AvgIpc) is 2.59.